The molecule has 0 bridgehead atoms. The summed E-state index contributed by atoms with van der Waals surface area (Å²) in [5.41, 5.74) is 0. The third-order valence-electron chi connectivity index (χ3n) is 2.99. The second-order valence-electron chi connectivity index (χ2n) is 4.86. The summed E-state index contributed by atoms with van der Waals surface area (Å²) >= 11 is 0. The molecular formula is C10H18N4O4S. The van der Waals surface area contributed by atoms with E-state index in [-0.39, 0.29) is 18.2 Å². The van der Waals surface area contributed by atoms with Gasteiger partial charge in [-0.1, -0.05) is 13.8 Å². The minimum atomic E-state index is -3.35. The van der Waals surface area contributed by atoms with Crippen LogP contribution in [0.4, 0.5) is 0 Å². The number of hydrogen-bond donors (Lipinski definition) is 1. The molecule has 1 aromatic heterocycles. The SMILES string of the molecule is CC(C)C(CC(=O)O)n1nnnc1C(C)S(C)(=O)=O. The van der Waals surface area contributed by atoms with Crippen LogP contribution in [0.25, 0.3) is 0 Å². The van der Waals surface area contributed by atoms with E-state index in [1.54, 1.807) is 0 Å². The third-order valence-corrected chi connectivity index (χ3v) is 4.49. The fraction of sp³-hybridized carbons (Fsp3) is 0.800. The molecule has 0 aliphatic rings. The van der Waals surface area contributed by atoms with E-state index in [1.165, 1.54) is 11.6 Å². The molecule has 2 atom stereocenters. The van der Waals surface area contributed by atoms with Crippen LogP contribution in [0.2, 0.25) is 0 Å². The Morgan fingerprint density at radius 2 is 1.95 bits per heavy atom. The quantitative estimate of drug-likeness (QED) is 0.808. The number of tetrazole rings is 1. The normalized spacial score (nSPS) is 15.4. The Hall–Kier alpha value is -1.51. The maximum absolute atomic E-state index is 11.6. The molecule has 0 aliphatic heterocycles. The molecule has 0 aromatic carbocycles. The van der Waals surface area contributed by atoms with Gasteiger partial charge in [-0.05, 0) is 23.3 Å². The van der Waals surface area contributed by atoms with E-state index in [1.807, 2.05) is 13.8 Å². The summed E-state index contributed by atoms with van der Waals surface area (Å²) in [7, 11) is -3.35. The van der Waals surface area contributed by atoms with E-state index < -0.39 is 27.1 Å². The van der Waals surface area contributed by atoms with Gasteiger partial charge in [0.2, 0.25) is 0 Å². The molecule has 0 aliphatic carbocycles. The molecule has 8 nitrogen and oxygen atoms in total. The predicted octanol–water partition coefficient (Wildman–Crippen LogP) is 0.450. The van der Waals surface area contributed by atoms with Crippen molar-refractivity contribution in [3.8, 4) is 0 Å². The highest BCUT2D eigenvalue weighted by Gasteiger charge is 2.29. The zero-order valence-electron chi connectivity index (χ0n) is 11.3. The number of hydrogen-bond acceptors (Lipinski definition) is 6. The molecule has 2 unspecified atom stereocenters. The first-order valence-electron chi connectivity index (χ1n) is 5.83. The van der Waals surface area contributed by atoms with Crippen molar-refractivity contribution in [2.75, 3.05) is 6.26 Å². The Balaban J connectivity index is 3.20. The maximum atomic E-state index is 11.6. The number of aliphatic carboxylic acids is 1. The van der Waals surface area contributed by atoms with Crippen molar-refractivity contribution in [3.05, 3.63) is 5.82 Å². The van der Waals surface area contributed by atoms with Gasteiger partial charge in [0.05, 0.1) is 12.5 Å². The first-order chi connectivity index (χ1) is 8.64. The highest BCUT2D eigenvalue weighted by atomic mass is 32.2. The molecule has 9 heteroatoms. The summed E-state index contributed by atoms with van der Waals surface area (Å²) < 4.78 is 24.5. The van der Waals surface area contributed by atoms with Crippen LogP contribution in [0, 0.1) is 5.92 Å². The van der Waals surface area contributed by atoms with Gasteiger partial charge in [0.15, 0.2) is 15.7 Å². The number of carboxylic acids is 1. The molecule has 0 saturated heterocycles. The van der Waals surface area contributed by atoms with Gasteiger partial charge >= 0.3 is 5.97 Å². The van der Waals surface area contributed by atoms with Crippen molar-refractivity contribution >= 4 is 15.8 Å². The highest BCUT2D eigenvalue weighted by molar-refractivity contribution is 7.90. The van der Waals surface area contributed by atoms with Crippen LogP contribution in [0.3, 0.4) is 0 Å². The summed E-state index contributed by atoms with van der Waals surface area (Å²) in [6.45, 7) is 5.16. The number of carbonyl (C=O) groups is 1. The van der Waals surface area contributed by atoms with Crippen LogP contribution in [0.1, 0.15) is 44.3 Å². The van der Waals surface area contributed by atoms with E-state index in [9.17, 15) is 13.2 Å². The second kappa shape index (κ2) is 5.64. The van der Waals surface area contributed by atoms with Crippen molar-refractivity contribution < 1.29 is 18.3 Å². The van der Waals surface area contributed by atoms with Crippen molar-refractivity contribution in [1.82, 2.24) is 20.2 Å². The molecule has 1 aromatic rings. The van der Waals surface area contributed by atoms with E-state index in [0.717, 1.165) is 6.26 Å². The zero-order valence-corrected chi connectivity index (χ0v) is 12.1. The summed E-state index contributed by atoms with van der Waals surface area (Å²) in [6.07, 6.45) is 0.935. The predicted molar refractivity (Wildman–Crippen MR) is 67.2 cm³/mol. The molecule has 108 valence electrons. The third kappa shape index (κ3) is 3.72. The highest BCUT2D eigenvalue weighted by Crippen LogP contribution is 2.26. The van der Waals surface area contributed by atoms with E-state index in [4.69, 9.17) is 5.11 Å². The van der Waals surface area contributed by atoms with Crippen molar-refractivity contribution in [3.63, 3.8) is 0 Å². The molecule has 19 heavy (non-hydrogen) atoms. The lowest BCUT2D eigenvalue weighted by molar-refractivity contribution is -0.138. The monoisotopic (exact) mass is 290 g/mol. The van der Waals surface area contributed by atoms with Crippen molar-refractivity contribution in [2.24, 2.45) is 5.92 Å². The summed E-state index contributed by atoms with van der Waals surface area (Å²) in [5.74, 6) is -0.847. The van der Waals surface area contributed by atoms with Crippen LogP contribution in [-0.4, -0.2) is 46.0 Å². The first kappa shape index (κ1) is 15.5. The molecule has 0 fully saturated rings. The van der Waals surface area contributed by atoms with Crippen LogP contribution < -0.4 is 0 Å². The lowest BCUT2D eigenvalue weighted by Gasteiger charge is -2.21. The van der Waals surface area contributed by atoms with Crippen LogP contribution in [0.5, 0.6) is 0 Å². The molecule has 0 radical (unpaired) electrons. The Labute approximate surface area is 111 Å². The first-order valence-corrected chi connectivity index (χ1v) is 7.78. The number of nitrogens with zero attached hydrogens (tertiary/aromatic N) is 4. The van der Waals surface area contributed by atoms with Crippen LogP contribution >= 0.6 is 0 Å². The lowest BCUT2D eigenvalue weighted by atomic mass is 10.0. The Morgan fingerprint density at radius 1 is 1.37 bits per heavy atom. The number of carboxylic acid groups (broad SMARTS) is 1. The molecule has 0 saturated carbocycles. The van der Waals surface area contributed by atoms with E-state index >= 15 is 0 Å². The molecule has 1 heterocycles. The molecule has 1 N–H and O–H groups in total. The zero-order chi connectivity index (χ0) is 14.8. The topological polar surface area (TPSA) is 115 Å². The van der Waals surface area contributed by atoms with Crippen LogP contribution in [-0.2, 0) is 14.6 Å². The van der Waals surface area contributed by atoms with Crippen molar-refractivity contribution in [2.45, 2.75) is 38.5 Å². The Morgan fingerprint density at radius 3 is 2.37 bits per heavy atom. The maximum Gasteiger partial charge on any atom is 0.305 e. The molecule has 1 rings (SSSR count). The largest absolute Gasteiger partial charge is 0.481 e. The average Bonchev–Trinajstić information content (AvgIpc) is 2.71. The lowest BCUT2D eigenvalue weighted by Crippen LogP contribution is -2.24. The number of sulfone groups is 1. The molecule has 0 spiro atoms. The van der Waals surface area contributed by atoms with E-state index in [2.05, 4.69) is 15.5 Å². The average molecular weight is 290 g/mol. The standard InChI is InChI=1S/C10H18N4O4S/c1-6(2)8(5-9(15)16)14-10(11-12-13-14)7(3)19(4,17)18/h6-8H,5H2,1-4H3,(H,15,16). The minimum Gasteiger partial charge on any atom is -0.481 e. The number of aromatic nitrogens is 4. The summed E-state index contributed by atoms with van der Waals surface area (Å²) in [6, 6.07) is -0.480. The molecular weight excluding hydrogens is 272 g/mol. The molecule has 0 amide bonds. The van der Waals surface area contributed by atoms with Crippen LogP contribution in [0.15, 0.2) is 0 Å². The van der Waals surface area contributed by atoms with Crippen molar-refractivity contribution in [1.29, 1.82) is 0 Å². The van der Waals surface area contributed by atoms with Gasteiger partial charge in [-0.2, -0.15) is 0 Å². The summed E-state index contributed by atoms with van der Waals surface area (Å²) in [4.78, 5) is 10.9. The van der Waals surface area contributed by atoms with Gasteiger partial charge in [-0.3, -0.25) is 4.79 Å². The van der Waals surface area contributed by atoms with Gasteiger partial charge < -0.3 is 5.11 Å². The second-order valence-corrected chi connectivity index (χ2v) is 7.23. The fourth-order valence-corrected chi connectivity index (χ4v) is 2.22. The smallest absolute Gasteiger partial charge is 0.305 e. The Kier molecular flexibility index (Phi) is 4.61. The Bertz CT molecular complexity index is 552. The number of rotatable bonds is 6. The van der Waals surface area contributed by atoms with E-state index in [0.29, 0.717) is 0 Å². The minimum absolute atomic E-state index is 0.0369. The van der Waals surface area contributed by atoms with Gasteiger partial charge in [-0.15, -0.1) is 5.10 Å². The summed E-state index contributed by atoms with van der Waals surface area (Å²) in [5, 5.41) is 19.0. The van der Waals surface area contributed by atoms with Gasteiger partial charge in [0.25, 0.3) is 0 Å². The van der Waals surface area contributed by atoms with Gasteiger partial charge in [0.1, 0.15) is 5.25 Å². The van der Waals surface area contributed by atoms with Gasteiger partial charge in [0, 0.05) is 6.26 Å². The fourth-order valence-electron chi connectivity index (χ4n) is 1.68. The van der Waals surface area contributed by atoms with Gasteiger partial charge in [-0.25, -0.2) is 13.1 Å².